The average Bonchev–Trinajstić information content (AvgIpc) is 3.14. The number of alkyl halides is 5. The molecule has 0 saturated heterocycles. The van der Waals surface area contributed by atoms with E-state index in [1.807, 2.05) is 12.1 Å². The van der Waals surface area contributed by atoms with Gasteiger partial charge < -0.3 is 15.3 Å². The molecule has 0 aromatic heterocycles. The van der Waals surface area contributed by atoms with Gasteiger partial charge in [-0.2, -0.15) is 22.0 Å². The van der Waals surface area contributed by atoms with E-state index >= 15 is 0 Å². The third-order valence-electron chi connectivity index (χ3n) is 9.96. The van der Waals surface area contributed by atoms with Crippen molar-refractivity contribution >= 4 is 0 Å². The molecule has 3 aliphatic carbocycles. The molecule has 3 aliphatic rings. The van der Waals surface area contributed by atoms with Gasteiger partial charge >= 0.3 is 12.1 Å². The average molecular weight is 531 g/mol. The number of fused-ring (bicyclic) bond motifs is 5. The van der Waals surface area contributed by atoms with Gasteiger partial charge in [-0.1, -0.05) is 44.7 Å². The van der Waals surface area contributed by atoms with Crippen molar-refractivity contribution in [2.75, 3.05) is 0 Å². The quantitative estimate of drug-likeness (QED) is 0.179. The van der Waals surface area contributed by atoms with E-state index < -0.39 is 24.6 Å². The number of unbranched alkanes of at least 4 members (excludes halogenated alkanes) is 3. The van der Waals surface area contributed by atoms with Crippen molar-refractivity contribution in [3.8, 4) is 5.75 Å². The standard InChI is InChI=1S/C29H39F5O3/c1-3-27-15-14-18-16-20(35)10-11-21(18)25(27)19(17-26(2)22(27)12-13-23(26)36)8-6-4-5-7-9-24(37)28(30,31)29(32,33)34/h3,10-11,16,19,22-25,35-37H,1,4-9,12-15,17H2,2H3/t19-,22+,23-,24?,25+,26-,27-/m0/s1. The fourth-order valence-corrected chi connectivity index (χ4v) is 8.16. The van der Waals surface area contributed by atoms with Crippen molar-refractivity contribution in [2.45, 2.75) is 108 Å². The zero-order valence-corrected chi connectivity index (χ0v) is 21.4. The Morgan fingerprint density at radius 2 is 1.81 bits per heavy atom. The zero-order valence-electron chi connectivity index (χ0n) is 21.4. The number of hydrogen-bond acceptors (Lipinski definition) is 3. The van der Waals surface area contributed by atoms with Crippen molar-refractivity contribution in [1.82, 2.24) is 0 Å². The predicted octanol–water partition coefficient (Wildman–Crippen LogP) is 7.29. The Morgan fingerprint density at radius 1 is 1.11 bits per heavy atom. The van der Waals surface area contributed by atoms with E-state index in [2.05, 4.69) is 19.6 Å². The number of rotatable bonds is 9. The van der Waals surface area contributed by atoms with Gasteiger partial charge in [0.2, 0.25) is 0 Å². The van der Waals surface area contributed by atoms with E-state index in [0.29, 0.717) is 18.8 Å². The van der Waals surface area contributed by atoms with Gasteiger partial charge in [0, 0.05) is 0 Å². The Labute approximate surface area is 215 Å². The highest BCUT2D eigenvalue weighted by Crippen LogP contribution is 2.69. The minimum Gasteiger partial charge on any atom is -0.508 e. The molecule has 37 heavy (non-hydrogen) atoms. The molecule has 2 saturated carbocycles. The first-order valence-corrected chi connectivity index (χ1v) is 13.5. The number of aliphatic hydroxyl groups is 2. The summed E-state index contributed by atoms with van der Waals surface area (Å²) >= 11 is 0. The lowest BCUT2D eigenvalue weighted by Crippen LogP contribution is -2.54. The van der Waals surface area contributed by atoms with Gasteiger partial charge in [-0.15, -0.1) is 6.58 Å². The predicted molar refractivity (Wildman–Crippen MR) is 131 cm³/mol. The first-order valence-electron chi connectivity index (χ1n) is 13.5. The molecular formula is C29H39F5O3. The molecule has 7 atom stereocenters. The van der Waals surface area contributed by atoms with Crippen LogP contribution in [-0.4, -0.2) is 39.6 Å². The number of aromatic hydroxyl groups is 1. The number of benzene rings is 1. The minimum atomic E-state index is -5.75. The summed E-state index contributed by atoms with van der Waals surface area (Å²) < 4.78 is 63.9. The molecule has 2 fully saturated rings. The fourth-order valence-electron chi connectivity index (χ4n) is 8.16. The van der Waals surface area contributed by atoms with Crippen LogP contribution in [0.15, 0.2) is 30.9 Å². The Morgan fingerprint density at radius 3 is 2.49 bits per heavy atom. The molecule has 0 bridgehead atoms. The number of allylic oxidation sites excluding steroid dienone is 1. The summed E-state index contributed by atoms with van der Waals surface area (Å²) in [6, 6.07) is 5.60. The zero-order chi connectivity index (χ0) is 27.2. The molecule has 0 radical (unpaired) electrons. The number of hydrogen-bond donors (Lipinski definition) is 3. The van der Waals surface area contributed by atoms with Crippen LogP contribution in [0.25, 0.3) is 0 Å². The fraction of sp³-hybridized carbons (Fsp3) is 0.724. The lowest BCUT2D eigenvalue weighted by molar-refractivity contribution is -0.313. The highest BCUT2D eigenvalue weighted by Gasteiger charge is 2.63. The van der Waals surface area contributed by atoms with E-state index in [4.69, 9.17) is 0 Å². The lowest BCUT2D eigenvalue weighted by atomic mass is 9.44. The summed E-state index contributed by atoms with van der Waals surface area (Å²) in [6.45, 7) is 6.47. The first kappa shape index (κ1) is 28.3. The molecular weight excluding hydrogens is 491 g/mol. The van der Waals surface area contributed by atoms with Gasteiger partial charge in [0.15, 0.2) is 0 Å². The van der Waals surface area contributed by atoms with Gasteiger partial charge in [0.1, 0.15) is 11.9 Å². The topological polar surface area (TPSA) is 60.7 Å². The van der Waals surface area contributed by atoms with Gasteiger partial charge in [-0.25, -0.2) is 0 Å². The molecule has 8 heteroatoms. The largest absolute Gasteiger partial charge is 0.508 e. The molecule has 0 amide bonds. The smallest absolute Gasteiger partial charge is 0.456 e. The van der Waals surface area contributed by atoms with E-state index in [1.54, 1.807) is 6.07 Å². The molecule has 208 valence electrons. The van der Waals surface area contributed by atoms with Crippen molar-refractivity contribution < 1.29 is 37.3 Å². The van der Waals surface area contributed by atoms with Crippen molar-refractivity contribution in [2.24, 2.45) is 22.7 Å². The van der Waals surface area contributed by atoms with Crippen molar-refractivity contribution in [1.29, 1.82) is 0 Å². The van der Waals surface area contributed by atoms with Crippen LogP contribution in [0.3, 0.4) is 0 Å². The molecule has 1 unspecified atom stereocenters. The third kappa shape index (κ3) is 4.81. The maximum Gasteiger partial charge on any atom is 0.456 e. The number of aryl methyl sites for hydroxylation is 1. The van der Waals surface area contributed by atoms with E-state index in [1.165, 1.54) is 5.56 Å². The summed E-state index contributed by atoms with van der Waals surface area (Å²) in [5.41, 5.74) is 1.99. The second kappa shape index (κ2) is 10.1. The van der Waals surface area contributed by atoms with Crippen molar-refractivity contribution in [3.05, 3.63) is 42.0 Å². The van der Waals surface area contributed by atoms with Gasteiger partial charge in [-0.3, -0.25) is 0 Å². The molecule has 3 nitrogen and oxygen atoms in total. The number of halogens is 5. The van der Waals surface area contributed by atoms with Gasteiger partial charge in [-0.05, 0) is 96.8 Å². The van der Waals surface area contributed by atoms with Crippen molar-refractivity contribution in [3.63, 3.8) is 0 Å². The highest BCUT2D eigenvalue weighted by atomic mass is 19.4. The lowest BCUT2D eigenvalue weighted by Gasteiger charge is -2.60. The SMILES string of the molecule is C=C[C@@]12CCc3cc(O)ccc3[C@H]1[C@@H](CCCCCCC(O)C(F)(F)C(F)(F)F)C[C@@]1(C)[C@H]2CC[C@@H]1O. The van der Waals surface area contributed by atoms with Crippen LogP contribution in [0.5, 0.6) is 5.75 Å². The summed E-state index contributed by atoms with van der Waals surface area (Å²) in [5, 5.41) is 30.5. The minimum absolute atomic E-state index is 0.0954. The summed E-state index contributed by atoms with van der Waals surface area (Å²) in [6.07, 6.45) is -0.170. The van der Waals surface area contributed by atoms with Crippen LogP contribution in [0.1, 0.15) is 88.2 Å². The van der Waals surface area contributed by atoms with Crippen LogP contribution in [-0.2, 0) is 6.42 Å². The first-order chi connectivity index (χ1) is 17.3. The molecule has 4 rings (SSSR count). The van der Waals surface area contributed by atoms with Crippen LogP contribution in [0, 0.1) is 22.7 Å². The van der Waals surface area contributed by atoms with E-state index in [-0.39, 0.29) is 40.9 Å². The number of phenolic OH excluding ortho intramolecular Hbond substituents is 1. The van der Waals surface area contributed by atoms with E-state index in [9.17, 15) is 37.3 Å². The number of phenols is 1. The van der Waals surface area contributed by atoms with Crippen LogP contribution in [0.2, 0.25) is 0 Å². The molecule has 0 aliphatic heterocycles. The molecule has 3 N–H and O–H groups in total. The Kier molecular flexibility index (Phi) is 7.77. The molecule has 1 aromatic rings. The Balaban J connectivity index is 1.46. The number of aliphatic hydroxyl groups excluding tert-OH is 2. The van der Waals surface area contributed by atoms with Crippen LogP contribution < -0.4 is 0 Å². The molecule has 0 heterocycles. The van der Waals surface area contributed by atoms with Crippen LogP contribution in [0.4, 0.5) is 22.0 Å². The summed E-state index contributed by atoms with van der Waals surface area (Å²) in [4.78, 5) is 0. The third-order valence-corrected chi connectivity index (χ3v) is 9.96. The Hall–Kier alpha value is -1.67. The normalized spacial score (nSPS) is 34.4. The second-order valence-corrected chi connectivity index (χ2v) is 11.9. The Bertz CT molecular complexity index is 979. The molecule has 0 spiro atoms. The van der Waals surface area contributed by atoms with Gasteiger partial charge in [0.05, 0.1) is 6.10 Å². The second-order valence-electron chi connectivity index (χ2n) is 11.9. The van der Waals surface area contributed by atoms with Crippen LogP contribution >= 0.6 is 0 Å². The maximum atomic E-state index is 13.3. The highest BCUT2D eigenvalue weighted by molar-refractivity contribution is 5.43. The summed E-state index contributed by atoms with van der Waals surface area (Å²) in [5.74, 6) is -4.09. The summed E-state index contributed by atoms with van der Waals surface area (Å²) in [7, 11) is 0. The molecule has 1 aromatic carbocycles. The van der Waals surface area contributed by atoms with E-state index in [0.717, 1.165) is 50.5 Å². The van der Waals surface area contributed by atoms with Gasteiger partial charge in [0.25, 0.3) is 0 Å². The monoisotopic (exact) mass is 530 g/mol. The maximum absolute atomic E-state index is 13.3.